The maximum absolute atomic E-state index is 13.0. The Kier molecular flexibility index (Phi) is 3.91. The van der Waals surface area contributed by atoms with Crippen LogP contribution in [-0.4, -0.2) is 23.2 Å². The number of para-hydroxylation sites is 2. The van der Waals surface area contributed by atoms with Crippen molar-refractivity contribution >= 4 is 68.7 Å². The number of hydrogen-bond acceptors (Lipinski definition) is 4. The molecule has 0 radical (unpaired) electrons. The maximum Gasteiger partial charge on any atom is 0.271 e. The highest BCUT2D eigenvalue weighted by atomic mass is 35.5. The van der Waals surface area contributed by atoms with Gasteiger partial charge in [0.05, 0.1) is 26.9 Å². The number of likely N-dealkylation sites (N-methyl/N-ethyl adjacent to an activating group) is 1. The number of nitrogens with zero attached hydrogens (tertiary/aromatic N) is 2. The maximum atomic E-state index is 13.0. The van der Waals surface area contributed by atoms with Gasteiger partial charge in [-0.25, -0.2) is 0 Å². The predicted molar refractivity (Wildman–Crippen MR) is 106 cm³/mol. The smallest absolute Gasteiger partial charge is 0.271 e. The number of thioether (sulfide) groups is 1. The molecule has 0 spiro atoms. The minimum absolute atomic E-state index is 0.208. The highest BCUT2D eigenvalue weighted by molar-refractivity contribution is 8.27. The number of hydrogen-bond donors (Lipinski definition) is 0. The number of benzene rings is 2. The highest BCUT2D eigenvalue weighted by Crippen LogP contribution is 2.45. The van der Waals surface area contributed by atoms with E-state index in [2.05, 4.69) is 0 Å². The standard InChI is InChI=1S/C18H11ClN2O2S2/c1-20-12-8-4-2-6-10(12)14(16(20)22)15-17(23)21(18(24)25-15)13-9-5-3-7-11(13)19/h2-9H,1H3. The third kappa shape index (κ3) is 2.40. The lowest BCUT2D eigenvalue weighted by atomic mass is 10.1. The van der Waals surface area contributed by atoms with Crippen LogP contribution in [0.15, 0.2) is 53.4 Å². The summed E-state index contributed by atoms with van der Waals surface area (Å²) in [4.78, 5) is 29.0. The van der Waals surface area contributed by atoms with Crippen molar-refractivity contribution < 1.29 is 9.59 Å². The molecule has 7 heteroatoms. The average Bonchev–Trinajstić information content (AvgIpc) is 3.03. The van der Waals surface area contributed by atoms with Crippen molar-refractivity contribution in [2.45, 2.75) is 0 Å². The summed E-state index contributed by atoms with van der Waals surface area (Å²) in [5.74, 6) is -0.530. The summed E-state index contributed by atoms with van der Waals surface area (Å²) in [6.07, 6.45) is 0. The molecule has 0 aliphatic carbocycles. The molecule has 1 saturated heterocycles. The van der Waals surface area contributed by atoms with E-state index in [1.165, 1.54) is 4.90 Å². The van der Waals surface area contributed by atoms with Crippen LogP contribution >= 0.6 is 35.6 Å². The van der Waals surface area contributed by atoms with Crippen molar-refractivity contribution in [1.29, 1.82) is 0 Å². The first-order chi connectivity index (χ1) is 12.0. The van der Waals surface area contributed by atoms with Gasteiger partial charge in [-0.1, -0.05) is 65.9 Å². The van der Waals surface area contributed by atoms with E-state index in [0.717, 1.165) is 23.0 Å². The van der Waals surface area contributed by atoms with E-state index >= 15 is 0 Å². The SMILES string of the molecule is CN1C(=O)C(=C2SC(=S)N(c3ccccc3Cl)C2=O)c2ccccc21. The Morgan fingerprint density at radius 2 is 1.60 bits per heavy atom. The van der Waals surface area contributed by atoms with Crippen LogP contribution in [0.4, 0.5) is 11.4 Å². The lowest BCUT2D eigenvalue weighted by molar-refractivity contribution is -0.115. The zero-order valence-corrected chi connectivity index (χ0v) is 15.4. The minimum Gasteiger partial charge on any atom is -0.311 e. The second kappa shape index (κ2) is 5.98. The molecular formula is C18H11ClN2O2S2. The third-order valence-corrected chi connectivity index (χ3v) is 5.84. The fourth-order valence-electron chi connectivity index (χ4n) is 2.95. The molecule has 2 aromatic rings. The Labute approximate surface area is 159 Å². The predicted octanol–water partition coefficient (Wildman–Crippen LogP) is 4.09. The lowest BCUT2D eigenvalue weighted by Crippen LogP contribution is -2.28. The summed E-state index contributed by atoms with van der Waals surface area (Å²) >= 11 is 12.7. The van der Waals surface area contributed by atoms with Crippen molar-refractivity contribution in [1.82, 2.24) is 0 Å². The molecule has 0 N–H and O–H groups in total. The van der Waals surface area contributed by atoms with Crippen molar-refractivity contribution in [3.63, 3.8) is 0 Å². The van der Waals surface area contributed by atoms with E-state index in [9.17, 15) is 9.59 Å². The second-order valence-corrected chi connectivity index (χ2v) is 7.60. The van der Waals surface area contributed by atoms with Crippen LogP contribution in [0.1, 0.15) is 5.56 Å². The van der Waals surface area contributed by atoms with E-state index < -0.39 is 0 Å². The van der Waals surface area contributed by atoms with Crippen molar-refractivity contribution in [3.8, 4) is 0 Å². The number of fused-ring (bicyclic) bond motifs is 1. The number of halogens is 1. The Balaban J connectivity index is 1.87. The van der Waals surface area contributed by atoms with Crippen LogP contribution in [0, 0.1) is 0 Å². The first kappa shape index (κ1) is 16.3. The Morgan fingerprint density at radius 3 is 2.32 bits per heavy atom. The highest BCUT2D eigenvalue weighted by Gasteiger charge is 2.41. The fourth-order valence-corrected chi connectivity index (χ4v) is 4.53. The van der Waals surface area contributed by atoms with Gasteiger partial charge in [0.15, 0.2) is 4.32 Å². The molecular weight excluding hydrogens is 376 g/mol. The summed E-state index contributed by atoms with van der Waals surface area (Å²) in [7, 11) is 1.70. The Morgan fingerprint density at radius 1 is 0.960 bits per heavy atom. The van der Waals surface area contributed by atoms with Gasteiger partial charge in [-0.05, 0) is 18.2 Å². The molecule has 0 atom stereocenters. The first-order valence-electron chi connectivity index (χ1n) is 7.43. The molecule has 124 valence electrons. The number of anilines is 2. The van der Waals surface area contributed by atoms with Crippen LogP contribution in [0.5, 0.6) is 0 Å². The van der Waals surface area contributed by atoms with Gasteiger partial charge < -0.3 is 4.90 Å². The molecule has 4 nitrogen and oxygen atoms in total. The topological polar surface area (TPSA) is 40.6 Å². The van der Waals surface area contributed by atoms with E-state index in [0.29, 0.717) is 25.5 Å². The van der Waals surface area contributed by atoms with E-state index in [1.807, 2.05) is 24.3 Å². The van der Waals surface area contributed by atoms with Crippen molar-refractivity contribution in [2.24, 2.45) is 0 Å². The summed E-state index contributed by atoms with van der Waals surface area (Å²) in [6, 6.07) is 14.4. The number of amides is 2. The monoisotopic (exact) mass is 386 g/mol. The average molecular weight is 387 g/mol. The summed E-state index contributed by atoms with van der Waals surface area (Å²) in [6.45, 7) is 0. The summed E-state index contributed by atoms with van der Waals surface area (Å²) in [5.41, 5.74) is 2.44. The molecule has 1 fully saturated rings. The first-order valence-corrected chi connectivity index (χ1v) is 9.03. The molecule has 2 amide bonds. The second-order valence-electron chi connectivity index (χ2n) is 5.55. The van der Waals surface area contributed by atoms with Gasteiger partial charge in [0, 0.05) is 12.6 Å². The van der Waals surface area contributed by atoms with Gasteiger partial charge in [0.1, 0.15) is 0 Å². The zero-order valence-electron chi connectivity index (χ0n) is 13.0. The molecule has 0 unspecified atom stereocenters. The third-order valence-electron chi connectivity index (χ3n) is 4.14. The molecule has 0 aromatic heterocycles. The molecule has 2 aliphatic rings. The molecule has 4 rings (SSSR count). The van der Waals surface area contributed by atoms with Crippen LogP contribution in [-0.2, 0) is 9.59 Å². The van der Waals surface area contributed by atoms with Gasteiger partial charge in [-0.15, -0.1) is 0 Å². The van der Waals surface area contributed by atoms with Gasteiger partial charge in [-0.2, -0.15) is 0 Å². The van der Waals surface area contributed by atoms with Crippen LogP contribution in [0.2, 0.25) is 5.02 Å². The lowest BCUT2D eigenvalue weighted by Gasteiger charge is -2.15. The molecule has 2 heterocycles. The van der Waals surface area contributed by atoms with Crippen LogP contribution in [0.25, 0.3) is 5.57 Å². The van der Waals surface area contributed by atoms with Gasteiger partial charge in [0.25, 0.3) is 11.8 Å². The van der Waals surface area contributed by atoms with E-state index in [-0.39, 0.29) is 11.8 Å². The molecule has 2 aliphatic heterocycles. The summed E-state index contributed by atoms with van der Waals surface area (Å²) in [5, 5.41) is 0.431. The normalized spacial score (nSPS) is 19.8. The van der Waals surface area contributed by atoms with Crippen molar-refractivity contribution in [3.05, 3.63) is 64.0 Å². The van der Waals surface area contributed by atoms with Crippen molar-refractivity contribution in [2.75, 3.05) is 16.8 Å². The van der Waals surface area contributed by atoms with E-state index in [1.54, 1.807) is 36.2 Å². The molecule has 25 heavy (non-hydrogen) atoms. The van der Waals surface area contributed by atoms with E-state index in [4.69, 9.17) is 23.8 Å². The van der Waals surface area contributed by atoms with Gasteiger partial charge in [0.2, 0.25) is 0 Å². The molecule has 2 aromatic carbocycles. The quantitative estimate of drug-likeness (QED) is 0.546. The zero-order chi connectivity index (χ0) is 17.7. The van der Waals surface area contributed by atoms with Gasteiger partial charge >= 0.3 is 0 Å². The Hall–Kier alpha value is -2.15. The summed E-state index contributed by atoms with van der Waals surface area (Å²) < 4.78 is 0.362. The molecule has 0 saturated carbocycles. The number of thiocarbonyl (C=S) groups is 1. The number of rotatable bonds is 1. The minimum atomic E-state index is -0.323. The van der Waals surface area contributed by atoms with Gasteiger partial charge in [-0.3, -0.25) is 14.5 Å². The Bertz CT molecular complexity index is 987. The largest absolute Gasteiger partial charge is 0.311 e. The molecule has 0 bridgehead atoms. The number of carbonyl (C=O) groups is 2. The van der Waals surface area contributed by atoms with Crippen LogP contribution < -0.4 is 9.80 Å². The van der Waals surface area contributed by atoms with Crippen LogP contribution in [0.3, 0.4) is 0 Å². The fraction of sp³-hybridized carbons (Fsp3) is 0.0556. The number of carbonyl (C=O) groups excluding carboxylic acids is 2.